The van der Waals surface area contributed by atoms with Gasteiger partial charge in [-0.15, -0.1) is 0 Å². The van der Waals surface area contributed by atoms with Crippen molar-refractivity contribution in [2.75, 3.05) is 0 Å². The van der Waals surface area contributed by atoms with Gasteiger partial charge < -0.3 is 9.13 Å². The van der Waals surface area contributed by atoms with Gasteiger partial charge in [-0.2, -0.15) is 0 Å². The fourth-order valence-corrected chi connectivity index (χ4v) is 9.81. The largest absolute Gasteiger partial charge is 0.309 e. The molecule has 0 saturated carbocycles. The summed E-state index contributed by atoms with van der Waals surface area (Å²) in [6.07, 6.45) is 0. The van der Waals surface area contributed by atoms with Crippen LogP contribution in [0.4, 0.5) is 0 Å². The minimum absolute atomic E-state index is 0.687. The van der Waals surface area contributed by atoms with Crippen molar-refractivity contribution in [1.29, 1.82) is 0 Å². The van der Waals surface area contributed by atoms with Gasteiger partial charge in [-0.05, 0) is 93.0 Å². The first-order chi connectivity index (χ1) is 30.7. The van der Waals surface area contributed by atoms with Crippen LogP contribution < -0.4 is 0 Å². The van der Waals surface area contributed by atoms with Crippen molar-refractivity contribution in [3.63, 3.8) is 0 Å². The van der Waals surface area contributed by atoms with E-state index < -0.39 is 0 Å². The second-order valence-corrected chi connectivity index (χ2v) is 16.2. The molecule has 0 spiro atoms. The van der Waals surface area contributed by atoms with E-state index in [-0.39, 0.29) is 0 Å². The van der Waals surface area contributed by atoms with Crippen molar-refractivity contribution < 1.29 is 0 Å². The normalized spacial score (nSPS) is 11.9. The van der Waals surface area contributed by atoms with Crippen LogP contribution in [-0.2, 0) is 0 Å². The topological polar surface area (TPSA) is 35.6 Å². The Balaban J connectivity index is 1.11. The van der Waals surface area contributed by atoms with E-state index in [2.05, 4.69) is 221 Å². The number of para-hydroxylation sites is 2. The third-order valence-corrected chi connectivity index (χ3v) is 12.6. The third-order valence-electron chi connectivity index (χ3n) is 12.6. The first-order valence-corrected chi connectivity index (χ1v) is 21.2. The fourth-order valence-electron chi connectivity index (χ4n) is 9.81. The molecule has 13 rings (SSSR count). The molecule has 0 radical (unpaired) electrons. The number of hydrogen-bond acceptors (Lipinski definition) is 2. The molecular weight excluding hydrogens is 753 g/mol. The van der Waals surface area contributed by atoms with Gasteiger partial charge in [-0.3, -0.25) is 0 Å². The average molecular weight is 789 g/mol. The smallest absolute Gasteiger partial charge is 0.161 e. The van der Waals surface area contributed by atoms with Gasteiger partial charge in [0, 0.05) is 49.6 Å². The summed E-state index contributed by atoms with van der Waals surface area (Å²) >= 11 is 0. The summed E-state index contributed by atoms with van der Waals surface area (Å²) in [7, 11) is 0. The van der Waals surface area contributed by atoms with Gasteiger partial charge in [0.2, 0.25) is 0 Å². The second kappa shape index (κ2) is 13.6. The molecule has 0 amide bonds. The summed E-state index contributed by atoms with van der Waals surface area (Å²) in [6.45, 7) is 0. The molecule has 288 valence electrons. The van der Waals surface area contributed by atoms with E-state index in [4.69, 9.17) is 9.97 Å². The summed E-state index contributed by atoms with van der Waals surface area (Å²) in [5.74, 6) is 0.687. The molecule has 0 aliphatic carbocycles. The number of fused-ring (bicyclic) bond motifs is 10. The van der Waals surface area contributed by atoms with E-state index in [0.717, 1.165) is 61.3 Å². The maximum Gasteiger partial charge on any atom is 0.161 e. The zero-order valence-corrected chi connectivity index (χ0v) is 33.6. The van der Waals surface area contributed by atoms with E-state index in [1.165, 1.54) is 54.1 Å². The van der Waals surface area contributed by atoms with Gasteiger partial charge in [-0.25, -0.2) is 9.97 Å². The number of aromatic nitrogens is 4. The molecular formula is C58H36N4. The molecule has 0 aliphatic heterocycles. The molecule has 0 N–H and O–H groups in total. The van der Waals surface area contributed by atoms with Gasteiger partial charge in [0.25, 0.3) is 0 Å². The summed E-state index contributed by atoms with van der Waals surface area (Å²) < 4.78 is 4.87. The Labute approximate surface area is 357 Å². The van der Waals surface area contributed by atoms with E-state index in [9.17, 15) is 0 Å². The van der Waals surface area contributed by atoms with Gasteiger partial charge in [0.05, 0.1) is 33.5 Å². The van der Waals surface area contributed by atoms with Crippen LogP contribution >= 0.6 is 0 Å². The molecule has 0 atom stereocenters. The Hall–Kier alpha value is -8.34. The first-order valence-electron chi connectivity index (χ1n) is 21.2. The van der Waals surface area contributed by atoms with Crippen molar-refractivity contribution in [3.05, 3.63) is 218 Å². The zero-order chi connectivity index (χ0) is 40.7. The van der Waals surface area contributed by atoms with Gasteiger partial charge >= 0.3 is 0 Å². The molecule has 0 saturated heterocycles. The number of nitrogens with zero attached hydrogens (tertiary/aromatic N) is 4. The molecule has 3 aromatic heterocycles. The Morgan fingerprint density at radius 2 is 0.903 bits per heavy atom. The monoisotopic (exact) mass is 788 g/mol. The van der Waals surface area contributed by atoms with Crippen LogP contribution in [0.25, 0.3) is 121 Å². The number of benzene rings is 10. The Morgan fingerprint density at radius 1 is 0.290 bits per heavy atom. The average Bonchev–Trinajstić information content (AvgIpc) is 3.85. The molecule has 4 heteroatoms. The lowest BCUT2D eigenvalue weighted by atomic mass is 10.0. The lowest BCUT2D eigenvalue weighted by molar-refractivity contribution is 1.16. The van der Waals surface area contributed by atoms with Gasteiger partial charge in [-0.1, -0.05) is 158 Å². The van der Waals surface area contributed by atoms with E-state index in [1.807, 2.05) is 6.07 Å². The Bertz CT molecular complexity index is 3920. The van der Waals surface area contributed by atoms with E-state index >= 15 is 0 Å². The zero-order valence-electron chi connectivity index (χ0n) is 33.6. The highest BCUT2D eigenvalue weighted by Crippen LogP contribution is 2.43. The quantitative estimate of drug-likeness (QED) is 0.174. The van der Waals surface area contributed by atoms with Crippen molar-refractivity contribution >= 4 is 75.9 Å². The van der Waals surface area contributed by atoms with Crippen LogP contribution in [0.15, 0.2) is 218 Å². The minimum atomic E-state index is 0.687. The van der Waals surface area contributed by atoms with Crippen molar-refractivity contribution in [2.45, 2.75) is 0 Å². The maximum atomic E-state index is 5.41. The molecule has 0 aliphatic rings. The molecule has 13 aromatic rings. The molecule has 3 heterocycles. The van der Waals surface area contributed by atoms with Gasteiger partial charge in [0.15, 0.2) is 5.82 Å². The highest BCUT2D eigenvalue weighted by Gasteiger charge is 2.21. The highest BCUT2D eigenvalue weighted by molar-refractivity contribution is 6.25. The molecule has 0 bridgehead atoms. The van der Waals surface area contributed by atoms with Crippen molar-refractivity contribution in [2.24, 2.45) is 0 Å². The predicted octanol–water partition coefficient (Wildman–Crippen LogP) is 15.1. The molecule has 10 aromatic carbocycles. The van der Waals surface area contributed by atoms with Crippen LogP contribution in [0.1, 0.15) is 0 Å². The van der Waals surface area contributed by atoms with Crippen LogP contribution in [0.3, 0.4) is 0 Å². The summed E-state index contributed by atoms with van der Waals surface area (Å²) in [4.78, 5) is 10.8. The molecule has 0 unspecified atom stereocenters. The third kappa shape index (κ3) is 5.33. The second-order valence-electron chi connectivity index (χ2n) is 16.2. The van der Waals surface area contributed by atoms with E-state index in [0.29, 0.717) is 5.82 Å². The Morgan fingerprint density at radius 3 is 1.73 bits per heavy atom. The fraction of sp³-hybridized carbons (Fsp3) is 0. The maximum absolute atomic E-state index is 5.41. The van der Waals surface area contributed by atoms with Crippen molar-refractivity contribution in [3.8, 4) is 45.3 Å². The van der Waals surface area contributed by atoms with Gasteiger partial charge in [0.1, 0.15) is 0 Å². The van der Waals surface area contributed by atoms with Crippen molar-refractivity contribution in [1.82, 2.24) is 19.1 Å². The lowest BCUT2D eigenvalue weighted by Gasteiger charge is -2.15. The number of hydrogen-bond donors (Lipinski definition) is 0. The van der Waals surface area contributed by atoms with Crippen LogP contribution in [0.2, 0.25) is 0 Å². The first kappa shape index (κ1) is 34.5. The standard InChI is InChI=1S/C58H36N4/c1-3-17-39(18-4-1)51-35-52(42-28-27-37-15-7-8-19-40(37)31-42)60-58(59-51)49-33-44(32-41-20-10-11-23-45(41)49)62-53-26-14-13-25-47(53)48-34-50-56(36-55(48)62)61(43-21-5-2-6-22-43)54-30-29-38-16-9-12-24-46(38)57(50)54/h1-36H. The molecule has 0 fully saturated rings. The predicted molar refractivity (Wildman–Crippen MR) is 260 cm³/mol. The minimum Gasteiger partial charge on any atom is -0.309 e. The van der Waals surface area contributed by atoms with Crippen LogP contribution in [0.5, 0.6) is 0 Å². The van der Waals surface area contributed by atoms with Crippen LogP contribution in [-0.4, -0.2) is 19.1 Å². The summed E-state index contributed by atoms with van der Waals surface area (Å²) in [5.41, 5.74) is 11.7. The summed E-state index contributed by atoms with van der Waals surface area (Å²) in [5, 5.41) is 12.0. The number of rotatable bonds is 5. The Kier molecular flexibility index (Phi) is 7.57. The molecule has 62 heavy (non-hydrogen) atoms. The summed E-state index contributed by atoms with van der Waals surface area (Å²) in [6, 6.07) is 78.6. The highest BCUT2D eigenvalue weighted by atomic mass is 15.0. The van der Waals surface area contributed by atoms with E-state index in [1.54, 1.807) is 0 Å². The SMILES string of the molecule is c1ccc(-c2cc(-c3ccc4ccccc4c3)nc(-c3cc(-n4c5ccccc5c5cc6c7c8ccccc8ccc7n(-c7ccccc7)c6cc54)cc4ccccc34)n2)cc1. The lowest BCUT2D eigenvalue weighted by Crippen LogP contribution is -2.00. The molecule has 4 nitrogen and oxygen atoms in total. The van der Waals surface area contributed by atoms with Crippen LogP contribution in [0, 0.1) is 0 Å².